The molecule has 1 aliphatic rings. The zero-order chi connectivity index (χ0) is 25.5. The Morgan fingerprint density at radius 1 is 1.03 bits per heavy atom. The van der Waals surface area contributed by atoms with Crippen molar-refractivity contribution >= 4 is 5.97 Å². The minimum absolute atomic E-state index is 0.0147. The molecule has 7 nitrogen and oxygen atoms in total. The van der Waals surface area contributed by atoms with Crippen molar-refractivity contribution in [3.63, 3.8) is 0 Å². The van der Waals surface area contributed by atoms with E-state index in [0.717, 1.165) is 53.0 Å². The smallest absolute Gasteiger partial charge is 0.335 e. The Kier molecular flexibility index (Phi) is 8.91. The molecule has 1 N–H and O–H groups in total. The third kappa shape index (κ3) is 7.26. The van der Waals surface area contributed by atoms with Gasteiger partial charge in [0.1, 0.15) is 11.5 Å². The van der Waals surface area contributed by atoms with Crippen LogP contribution >= 0.6 is 0 Å². The van der Waals surface area contributed by atoms with Gasteiger partial charge < -0.3 is 23.7 Å². The predicted molar refractivity (Wildman–Crippen MR) is 136 cm³/mol. The molecule has 1 heterocycles. The van der Waals surface area contributed by atoms with Crippen LogP contribution in [0.5, 0.6) is 0 Å². The van der Waals surface area contributed by atoms with Crippen LogP contribution in [0.1, 0.15) is 53.8 Å². The maximum atomic E-state index is 11.7. The molecule has 1 aromatic heterocycles. The number of benzene rings is 2. The summed E-state index contributed by atoms with van der Waals surface area (Å²) in [5.74, 6) is 0.340. The van der Waals surface area contributed by atoms with Crippen LogP contribution in [0.25, 0.3) is 11.5 Å². The van der Waals surface area contributed by atoms with Crippen molar-refractivity contribution in [1.82, 2.24) is 4.98 Å². The molecule has 7 heteroatoms. The van der Waals surface area contributed by atoms with E-state index in [1.54, 1.807) is 0 Å². The van der Waals surface area contributed by atoms with Crippen LogP contribution in [-0.4, -0.2) is 41.0 Å². The fourth-order valence-corrected chi connectivity index (χ4v) is 4.36. The average molecular weight is 494 g/mol. The van der Waals surface area contributed by atoms with Crippen LogP contribution in [-0.2, 0) is 32.2 Å². The van der Waals surface area contributed by atoms with Gasteiger partial charge >= 0.3 is 5.97 Å². The number of nitrogens with zero attached hydrogens (tertiary/aromatic N) is 1. The molecule has 0 saturated heterocycles. The number of hydrogen-bond acceptors (Lipinski definition) is 6. The van der Waals surface area contributed by atoms with Crippen molar-refractivity contribution in [3.05, 3.63) is 76.7 Å². The molecule has 2 unspecified atom stereocenters. The highest BCUT2D eigenvalue weighted by molar-refractivity contribution is 5.72. The van der Waals surface area contributed by atoms with E-state index >= 15 is 0 Å². The number of hydrogen-bond donors (Lipinski definition) is 1. The molecule has 0 radical (unpaired) electrons. The maximum Gasteiger partial charge on any atom is 0.335 e. The number of carboxylic acid groups (broad SMARTS) is 1. The van der Waals surface area contributed by atoms with Crippen LogP contribution in [0.15, 0.2) is 52.9 Å². The predicted octanol–water partition coefficient (Wildman–Crippen LogP) is 5.78. The molecular formula is C29H35NO6. The molecule has 36 heavy (non-hydrogen) atoms. The third-order valence-corrected chi connectivity index (χ3v) is 6.52. The van der Waals surface area contributed by atoms with Crippen molar-refractivity contribution in [2.45, 2.75) is 78.0 Å². The molecule has 0 amide bonds. The SMILES string of the molecule is Cc1ccc(COC(COC2CCC[C@H](OCc3nc(-c4cccc(C)c4)oc3C)C2)C(=O)O)cc1. The molecule has 2 aromatic carbocycles. The standard InChI is InChI=1S/C29H35NO6/c1-19-10-12-22(13-11-19)16-35-27(29(31)32)18-34-25-9-5-8-24(15-25)33-17-26-21(3)36-28(30-26)23-7-4-6-20(2)14-23/h4,6-7,10-14,24-25,27H,5,8-9,15-18H2,1-3H3,(H,31,32)/t24-,25?,27?/m0/s1. The van der Waals surface area contributed by atoms with Crippen LogP contribution < -0.4 is 0 Å². The van der Waals surface area contributed by atoms with Gasteiger partial charge in [-0.25, -0.2) is 9.78 Å². The fraction of sp³-hybridized carbons (Fsp3) is 0.448. The highest BCUT2D eigenvalue weighted by Crippen LogP contribution is 2.27. The number of ether oxygens (including phenoxy) is 3. The van der Waals surface area contributed by atoms with E-state index in [1.165, 1.54) is 0 Å². The lowest BCUT2D eigenvalue weighted by molar-refractivity contribution is -0.159. The molecule has 3 atom stereocenters. The second-order valence-electron chi connectivity index (χ2n) is 9.57. The van der Waals surface area contributed by atoms with Gasteiger partial charge in [-0.1, -0.05) is 47.5 Å². The summed E-state index contributed by atoms with van der Waals surface area (Å²) >= 11 is 0. The summed E-state index contributed by atoms with van der Waals surface area (Å²) in [4.78, 5) is 16.3. The Morgan fingerprint density at radius 2 is 1.78 bits per heavy atom. The second kappa shape index (κ2) is 12.3. The van der Waals surface area contributed by atoms with Crippen LogP contribution in [0.2, 0.25) is 0 Å². The van der Waals surface area contributed by atoms with E-state index in [0.29, 0.717) is 18.9 Å². The molecule has 0 bridgehead atoms. The van der Waals surface area contributed by atoms with Crippen molar-refractivity contribution in [3.8, 4) is 11.5 Å². The number of aryl methyl sites for hydroxylation is 3. The van der Waals surface area contributed by atoms with E-state index in [4.69, 9.17) is 18.6 Å². The molecule has 1 fully saturated rings. The minimum atomic E-state index is -1.02. The van der Waals surface area contributed by atoms with Crippen molar-refractivity contribution in [2.75, 3.05) is 6.61 Å². The van der Waals surface area contributed by atoms with Gasteiger partial charge in [-0.15, -0.1) is 0 Å². The molecular weight excluding hydrogens is 458 g/mol. The number of aromatic nitrogens is 1. The summed E-state index contributed by atoms with van der Waals surface area (Å²) in [6.07, 6.45) is 2.45. The van der Waals surface area contributed by atoms with E-state index in [-0.39, 0.29) is 25.4 Å². The van der Waals surface area contributed by atoms with Gasteiger partial charge in [0.05, 0.1) is 32.0 Å². The summed E-state index contributed by atoms with van der Waals surface area (Å²) in [7, 11) is 0. The van der Waals surface area contributed by atoms with Gasteiger partial charge in [-0.2, -0.15) is 0 Å². The third-order valence-electron chi connectivity index (χ3n) is 6.52. The minimum Gasteiger partial charge on any atom is -0.479 e. The monoisotopic (exact) mass is 493 g/mol. The Balaban J connectivity index is 1.25. The van der Waals surface area contributed by atoms with E-state index in [9.17, 15) is 9.90 Å². The molecule has 192 valence electrons. The number of aliphatic carboxylic acids is 1. The normalized spacial score (nSPS) is 18.8. The second-order valence-corrected chi connectivity index (χ2v) is 9.57. The first-order valence-corrected chi connectivity index (χ1v) is 12.5. The summed E-state index contributed by atoms with van der Waals surface area (Å²) in [6.45, 7) is 6.57. The van der Waals surface area contributed by atoms with Gasteiger partial charge in [0.2, 0.25) is 5.89 Å². The Labute approximate surface area is 212 Å². The van der Waals surface area contributed by atoms with Gasteiger partial charge in [0.25, 0.3) is 0 Å². The number of carboxylic acids is 1. The summed E-state index contributed by atoms with van der Waals surface area (Å²) in [5.41, 5.74) is 4.99. The zero-order valence-electron chi connectivity index (χ0n) is 21.2. The largest absolute Gasteiger partial charge is 0.479 e. The first-order chi connectivity index (χ1) is 17.4. The Morgan fingerprint density at radius 3 is 2.50 bits per heavy atom. The lowest BCUT2D eigenvalue weighted by Crippen LogP contribution is -2.34. The molecule has 3 aromatic rings. The van der Waals surface area contributed by atoms with E-state index in [1.807, 2.05) is 69.3 Å². The topological polar surface area (TPSA) is 91.0 Å². The maximum absolute atomic E-state index is 11.7. The highest BCUT2D eigenvalue weighted by atomic mass is 16.6. The van der Waals surface area contributed by atoms with E-state index in [2.05, 4.69) is 4.98 Å². The molecule has 4 rings (SSSR count). The first-order valence-electron chi connectivity index (χ1n) is 12.5. The average Bonchev–Trinajstić information content (AvgIpc) is 3.24. The summed E-state index contributed by atoms with van der Waals surface area (Å²) in [6, 6.07) is 15.9. The number of carbonyl (C=O) groups is 1. The van der Waals surface area contributed by atoms with Gasteiger partial charge in [-0.3, -0.25) is 0 Å². The van der Waals surface area contributed by atoms with Gasteiger partial charge in [-0.05, 0) is 64.2 Å². The first kappa shape index (κ1) is 26.1. The lowest BCUT2D eigenvalue weighted by atomic mass is 9.95. The zero-order valence-corrected chi connectivity index (χ0v) is 21.2. The Bertz CT molecular complexity index is 1140. The summed E-state index contributed by atoms with van der Waals surface area (Å²) in [5, 5.41) is 9.57. The van der Waals surface area contributed by atoms with Crippen molar-refractivity contribution < 1.29 is 28.5 Å². The van der Waals surface area contributed by atoms with Crippen molar-refractivity contribution in [1.29, 1.82) is 0 Å². The number of oxazole rings is 1. The van der Waals surface area contributed by atoms with Crippen LogP contribution in [0, 0.1) is 20.8 Å². The molecule has 0 spiro atoms. The summed E-state index contributed by atoms with van der Waals surface area (Å²) < 4.78 is 23.7. The van der Waals surface area contributed by atoms with E-state index < -0.39 is 12.1 Å². The van der Waals surface area contributed by atoms with Gasteiger partial charge in [0.15, 0.2) is 6.10 Å². The number of rotatable bonds is 11. The van der Waals surface area contributed by atoms with Crippen molar-refractivity contribution in [2.24, 2.45) is 0 Å². The molecule has 0 aliphatic heterocycles. The lowest BCUT2D eigenvalue weighted by Gasteiger charge is -2.29. The highest BCUT2D eigenvalue weighted by Gasteiger charge is 2.27. The van der Waals surface area contributed by atoms with Crippen LogP contribution in [0.4, 0.5) is 0 Å². The quantitative estimate of drug-likeness (QED) is 0.362. The molecule has 1 aliphatic carbocycles. The fourth-order valence-electron chi connectivity index (χ4n) is 4.36. The molecule has 1 saturated carbocycles. The Hall–Kier alpha value is -3.00. The van der Waals surface area contributed by atoms with Gasteiger partial charge in [0, 0.05) is 5.56 Å². The van der Waals surface area contributed by atoms with Crippen LogP contribution in [0.3, 0.4) is 0 Å².